The molecule has 1 fully saturated rings. The number of aliphatic carboxylic acids is 1. The van der Waals surface area contributed by atoms with Crippen LogP contribution in [0, 0.1) is 0 Å². The van der Waals surface area contributed by atoms with E-state index in [0.717, 1.165) is 57.8 Å². The third-order valence-corrected chi connectivity index (χ3v) is 7.66. The van der Waals surface area contributed by atoms with E-state index in [2.05, 4.69) is 13.8 Å². The molecule has 10 unspecified atom stereocenters. The van der Waals surface area contributed by atoms with Crippen molar-refractivity contribution in [1.82, 2.24) is 0 Å². The van der Waals surface area contributed by atoms with E-state index >= 15 is 0 Å². The standard InChI is InChI=1S/C30H56O13/c1-4-6-8-10-12-14-20(16-23(32)33)41-24(34)17-21(15-13-11-9-7-5-2)42-29(39)26(36)22(18-31)43-30-28(38)27(37)25(35)19(3)40-30/h19-22,25-31,35-39H,4-18H2,1-3H3,(H,32,33). The zero-order valence-electron chi connectivity index (χ0n) is 26.0. The van der Waals surface area contributed by atoms with Gasteiger partial charge in [-0.25, -0.2) is 0 Å². The minimum Gasteiger partial charge on any atom is -0.481 e. The predicted molar refractivity (Wildman–Crippen MR) is 155 cm³/mol. The Balaban J connectivity index is 2.84. The van der Waals surface area contributed by atoms with Crippen LogP contribution in [-0.4, -0.2) is 116 Å². The first-order valence-corrected chi connectivity index (χ1v) is 15.8. The maximum atomic E-state index is 12.9. The first kappa shape index (κ1) is 39.6. The van der Waals surface area contributed by atoms with Gasteiger partial charge in [-0.15, -0.1) is 0 Å². The van der Waals surface area contributed by atoms with Crippen molar-refractivity contribution >= 4 is 11.9 Å². The first-order valence-electron chi connectivity index (χ1n) is 15.8. The van der Waals surface area contributed by atoms with Crippen LogP contribution in [0.5, 0.6) is 0 Å². The van der Waals surface area contributed by atoms with Crippen molar-refractivity contribution in [3.05, 3.63) is 0 Å². The topological polar surface area (TPSA) is 213 Å². The van der Waals surface area contributed by atoms with Crippen LogP contribution < -0.4 is 0 Å². The fraction of sp³-hybridized carbons (Fsp3) is 0.933. The lowest BCUT2D eigenvalue weighted by Crippen LogP contribution is -2.59. The van der Waals surface area contributed by atoms with Gasteiger partial charge in [-0.2, -0.15) is 0 Å². The molecule has 0 spiro atoms. The van der Waals surface area contributed by atoms with Gasteiger partial charge in [-0.1, -0.05) is 71.6 Å². The Kier molecular flexibility index (Phi) is 20.4. The molecule has 13 heteroatoms. The molecular formula is C30H56O13. The van der Waals surface area contributed by atoms with Crippen molar-refractivity contribution < 1.29 is 64.3 Å². The lowest BCUT2D eigenvalue weighted by Gasteiger charge is -2.41. The van der Waals surface area contributed by atoms with Crippen LogP contribution >= 0.6 is 0 Å². The third kappa shape index (κ3) is 15.4. The Labute approximate surface area is 255 Å². The highest BCUT2D eigenvalue weighted by molar-refractivity contribution is 5.72. The van der Waals surface area contributed by atoms with E-state index in [-0.39, 0.29) is 12.8 Å². The molecule has 1 rings (SSSR count). The maximum Gasteiger partial charge on any atom is 0.308 e. The van der Waals surface area contributed by atoms with E-state index in [1.165, 1.54) is 6.92 Å². The minimum absolute atomic E-state index is 0.291. The summed E-state index contributed by atoms with van der Waals surface area (Å²) in [5, 5.41) is 70.6. The van der Waals surface area contributed by atoms with Gasteiger partial charge in [0.05, 0.1) is 31.7 Å². The van der Waals surface area contributed by atoms with Crippen molar-refractivity contribution in [2.24, 2.45) is 0 Å². The number of rotatable bonds is 24. The fourth-order valence-electron chi connectivity index (χ4n) is 4.98. The molecule has 43 heavy (non-hydrogen) atoms. The summed E-state index contributed by atoms with van der Waals surface area (Å²) in [5.41, 5.74) is 0. The van der Waals surface area contributed by atoms with Crippen LogP contribution in [0.25, 0.3) is 0 Å². The molecule has 0 aromatic rings. The number of carbonyl (C=O) groups is 2. The molecule has 0 saturated carbocycles. The summed E-state index contributed by atoms with van der Waals surface area (Å²) in [7, 11) is 0. The largest absolute Gasteiger partial charge is 0.481 e. The van der Waals surface area contributed by atoms with E-state index in [0.29, 0.717) is 19.3 Å². The second kappa shape index (κ2) is 22.1. The summed E-state index contributed by atoms with van der Waals surface area (Å²) in [6.07, 6.45) is -4.57. The van der Waals surface area contributed by atoms with Gasteiger partial charge in [-0.3, -0.25) is 9.59 Å². The molecule has 10 atom stereocenters. The molecule has 254 valence electrons. The van der Waals surface area contributed by atoms with Gasteiger partial charge in [-0.05, 0) is 26.2 Å². The summed E-state index contributed by atoms with van der Waals surface area (Å²) in [4.78, 5) is 24.2. The van der Waals surface area contributed by atoms with E-state index in [4.69, 9.17) is 18.9 Å². The SMILES string of the molecule is CCCCCCCC(CC(=O)O)OC(=O)CC(CCCCCCC)OC(O)C(O)C(CO)OC1OC(C)C(O)C(O)C1O. The summed E-state index contributed by atoms with van der Waals surface area (Å²) in [6, 6.07) is 0. The average molecular weight is 625 g/mol. The number of aliphatic hydroxyl groups is 6. The Morgan fingerprint density at radius 3 is 1.88 bits per heavy atom. The van der Waals surface area contributed by atoms with Crippen LogP contribution in [0.1, 0.15) is 111 Å². The molecule has 1 aliphatic rings. The Bertz CT molecular complexity index is 754. The highest BCUT2D eigenvalue weighted by Gasteiger charge is 2.44. The van der Waals surface area contributed by atoms with Gasteiger partial charge in [0.1, 0.15) is 36.6 Å². The van der Waals surface area contributed by atoms with Crippen molar-refractivity contribution in [2.45, 2.75) is 172 Å². The highest BCUT2D eigenvalue weighted by atomic mass is 16.7. The van der Waals surface area contributed by atoms with Gasteiger partial charge >= 0.3 is 11.9 Å². The van der Waals surface area contributed by atoms with Crippen molar-refractivity contribution in [2.75, 3.05) is 6.61 Å². The van der Waals surface area contributed by atoms with Crippen molar-refractivity contribution in [3.8, 4) is 0 Å². The molecule has 0 aromatic carbocycles. The summed E-state index contributed by atoms with van der Waals surface area (Å²) < 4.78 is 21.9. The smallest absolute Gasteiger partial charge is 0.308 e. The normalized spacial score (nSPS) is 25.9. The molecule has 7 N–H and O–H groups in total. The average Bonchev–Trinajstić information content (AvgIpc) is 2.96. The molecule has 1 saturated heterocycles. The van der Waals surface area contributed by atoms with Gasteiger partial charge in [0.2, 0.25) is 0 Å². The number of carbonyl (C=O) groups excluding carboxylic acids is 1. The number of carboxylic acids is 1. The minimum atomic E-state index is -1.92. The maximum absolute atomic E-state index is 12.9. The molecular weight excluding hydrogens is 568 g/mol. The number of unbranched alkanes of at least 4 members (excludes halogenated alkanes) is 8. The molecule has 1 aliphatic heterocycles. The number of aliphatic hydroxyl groups excluding tert-OH is 6. The zero-order chi connectivity index (χ0) is 32.4. The number of hydrogen-bond acceptors (Lipinski definition) is 12. The number of ether oxygens (including phenoxy) is 4. The lowest BCUT2D eigenvalue weighted by atomic mass is 10.00. The second-order valence-corrected chi connectivity index (χ2v) is 11.5. The van der Waals surface area contributed by atoms with Gasteiger partial charge in [0.15, 0.2) is 12.6 Å². The number of carboxylic acid groups (broad SMARTS) is 1. The number of hydrogen-bond donors (Lipinski definition) is 7. The Morgan fingerprint density at radius 2 is 1.35 bits per heavy atom. The van der Waals surface area contributed by atoms with Crippen molar-refractivity contribution in [3.63, 3.8) is 0 Å². The molecule has 0 radical (unpaired) electrons. The predicted octanol–water partition coefficient (Wildman–Crippen LogP) is 1.75. The third-order valence-electron chi connectivity index (χ3n) is 7.66. The molecule has 0 bridgehead atoms. The van der Waals surface area contributed by atoms with Gasteiger partial charge in [0, 0.05) is 0 Å². The fourth-order valence-corrected chi connectivity index (χ4v) is 4.98. The molecule has 1 heterocycles. The first-order chi connectivity index (χ1) is 20.4. The summed E-state index contributed by atoms with van der Waals surface area (Å²) >= 11 is 0. The van der Waals surface area contributed by atoms with E-state index in [1.54, 1.807) is 0 Å². The van der Waals surface area contributed by atoms with Crippen LogP contribution in [0.4, 0.5) is 0 Å². The quantitative estimate of drug-likeness (QED) is 0.0464. The second-order valence-electron chi connectivity index (χ2n) is 11.5. The highest BCUT2D eigenvalue weighted by Crippen LogP contribution is 2.25. The van der Waals surface area contributed by atoms with Crippen LogP contribution in [-0.2, 0) is 28.5 Å². The Morgan fingerprint density at radius 1 is 0.791 bits per heavy atom. The van der Waals surface area contributed by atoms with Crippen LogP contribution in [0.3, 0.4) is 0 Å². The molecule has 0 amide bonds. The van der Waals surface area contributed by atoms with E-state index in [1.807, 2.05) is 0 Å². The van der Waals surface area contributed by atoms with E-state index < -0.39 is 80.0 Å². The summed E-state index contributed by atoms with van der Waals surface area (Å²) in [5.74, 6) is -1.76. The Hall–Kier alpha value is -1.42. The molecule has 0 aliphatic carbocycles. The van der Waals surface area contributed by atoms with Gasteiger partial charge in [0.25, 0.3) is 0 Å². The molecule has 0 aromatic heterocycles. The zero-order valence-corrected chi connectivity index (χ0v) is 26.0. The van der Waals surface area contributed by atoms with E-state index in [9.17, 15) is 45.3 Å². The van der Waals surface area contributed by atoms with Crippen LogP contribution in [0.2, 0.25) is 0 Å². The monoisotopic (exact) mass is 624 g/mol. The van der Waals surface area contributed by atoms with Crippen LogP contribution in [0.15, 0.2) is 0 Å². The lowest BCUT2D eigenvalue weighted by molar-refractivity contribution is -0.322. The number of esters is 1. The van der Waals surface area contributed by atoms with Crippen molar-refractivity contribution in [1.29, 1.82) is 0 Å². The molecule has 13 nitrogen and oxygen atoms in total. The summed E-state index contributed by atoms with van der Waals surface area (Å²) in [6.45, 7) is 4.80. The van der Waals surface area contributed by atoms with Gasteiger partial charge < -0.3 is 54.7 Å².